The Morgan fingerprint density at radius 3 is 2.21 bits per heavy atom. The van der Waals surface area contributed by atoms with Gasteiger partial charge in [-0.2, -0.15) is 4.31 Å². The van der Waals surface area contributed by atoms with Gasteiger partial charge in [-0.1, -0.05) is 50.1 Å². The summed E-state index contributed by atoms with van der Waals surface area (Å²) in [5, 5.41) is 0. The van der Waals surface area contributed by atoms with Crippen molar-refractivity contribution in [2.45, 2.75) is 61.4 Å². The van der Waals surface area contributed by atoms with Gasteiger partial charge in [-0.25, -0.2) is 21.6 Å². The maximum Gasteiger partial charge on any atom is 0.244 e. The van der Waals surface area contributed by atoms with Crippen molar-refractivity contribution in [3.8, 4) is 0 Å². The Labute approximate surface area is 197 Å². The molecule has 1 saturated carbocycles. The topological polar surface area (TPSA) is 86.8 Å². The summed E-state index contributed by atoms with van der Waals surface area (Å²) in [6, 6.07) is 15.5. The molecule has 2 aromatic carbocycles. The summed E-state index contributed by atoms with van der Waals surface area (Å²) in [4.78, 5) is 2.34. The minimum absolute atomic E-state index is 0.0730. The molecule has 0 amide bonds. The average molecular weight is 492 g/mol. The third kappa shape index (κ3) is 5.84. The molecule has 1 aliphatic heterocycles. The normalized spacial score (nSPS) is 23.4. The Bertz CT molecular complexity index is 1140. The van der Waals surface area contributed by atoms with E-state index < -0.39 is 20.0 Å². The first-order valence-corrected chi connectivity index (χ1v) is 14.6. The van der Waals surface area contributed by atoms with Crippen LogP contribution in [-0.4, -0.2) is 51.8 Å². The van der Waals surface area contributed by atoms with E-state index >= 15 is 0 Å². The molecule has 2 aromatic rings. The third-order valence-electron chi connectivity index (χ3n) is 6.68. The lowest BCUT2D eigenvalue weighted by Crippen LogP contribution is -2.47. The van der Waals surface area contributed by atoms with Crippen molar-refractivity contribution in [3.05, 3.63) is 60.2 Å². The fourth-order valence-electron chi connectivity index (χ4n) is 4.70. The molecule has 33 heavy (non-hydrogen) atoms. The predicted molar refractivity (Wildman–Crippen MR) is 128 cm³/mol. The van der Waals surface area contributed by atoms with Crippen molar-refractivity contribution < 1.29 is 16.8 Å². The summed E-state index contributed by atoms with van der Waals surface area (Å²) >= 11 is 0. The molecule has 9 heteroatoms. The highest BCUT2D eigenvalue weighted by molar-refractivity contribution is 7.89. The van der Waals surface area contributed by atoms with E-state index in [1.54, 1.807) is 0 Å². The monoisotopic (exact) mass is 491 g/mol. The maximum absolute atomic E-state index is 13.2. The zero-order valence-electron chi connectivity index (χ0n) is 19.1. The number of hydrogen-bond acceptors (Lipinski definition) is 5. The van der Waals surface area contributed by atoms with Gasteiger partial charge in [-0.05, 0) is 55.0 Å². The van der Waals surface area contributed by atoms with Gasteiger partial charge in [0.05, 0.1) is 16.5 Å². The van der Waals surface area contributed by atoms with Crippen LogP contribution in [0.5, 0.6) is 0 Å². The van der Waals surface area contributed by atoms with Crippen LogP contribution in [0.2, 0.25) is 0 Å². The molecule has 2 fully saturated rings. The number of nitrogens with one attached hydrogen (secondary N) is 1. The van der Waals surface area contributed by atoms with Crippen molar-refractivity contribution in [2.24, 2.45) is 5.92 Å². The second kappa shape index (κ2) is 10.2. The zero-order valence-corrected chi connectivity index (χ0v) is 20.7. The zero-order chi connectivity index (χ0) is 23.5. The molecule has 0 unspecified atom stereocenters. The number of benzene rings is 2. The van der Waals surface area contributed by atoms with Crippen molar-refractivity contribution >= 4 is 20.0 Å². The van der Waals surface area contributed by atoms with Crippen molar-refractivity contribution in [1.82, 2.24) is 13.9 Å². The van der Waals surface area contributed by atoms with Crippen LogP contribution in [0.1, 0.15) is 44.6 Å². The molecule has 180 valence electrons. The van der Waals surface area contributed by atoms with Crippen LogP contribution in [-0.2, 0) is 26.6 Å². The Morgan fingerprint density at radius 1 is 0.848 bits per heavy atom. The van der Waals surface area contributed by atoms with Gasteiger partial charge in [0.25, 0.3) is 0 Å². The highest BCUT2D eigenvalue weighted by Crippen LogP contribution is 2.26. The summed E-state index contributed by atoms with van der Waals surface area (Å²) in [5.41, 5.74) is 1.14. The van der Waals surface area contributed by atoms with E-state index in [0.717, 1.165) is 44.2 Å². The van der Waals surface area contributed by atoms with E-state index in [2.05, 4.69) is 16.5 Å². The molecule has 0 radical (unpaired) electrons. The van der Waals surface area contributed by atoms with E-state index in [4.69, 9.17) is 0 Å². The molecule has 2 atom stereocenters. The lowest BCUT2D eigenvalue weighted by Gasteiger charge is -2.34. The fourth-order valence-corrected chi connectivity index (χ4v) is 7.54. The smallest absolute Gasteiger partial charge is 0.244 e. The van der Waals surface area contributed by atoms with Gasteiger partial charge in [0, 0.05) is 25.7 Å². The van der Waals surface area contributed by atoms with Gasteiger partial charge in [-0.3, -0.25) is 4.90 Å². The predicted octanol–water partition coefficient (Wildman–Crippen LogP) is 3.40. The number of rotatable bonds is 7. The van der Waals surface area contributed by atoms with E-state index in [-0.39, 0.29) is 15.8 Å². The Balaban J connectivity index is 1.44. The van der Waals surface area contributed by atoms with Crippen LogP contribution in [0.3, 0.4) is 0 Å². The van der Waals surface area contributed by atoms with Crippen molar-refractivity contribution in [1.29, 1.82) is 0 Å². The molecule has 1 saturated heterocycles. The standard InChI is InChI=1S/C24H33N3O4S2/c1-20-8-5-6-11-24(20)25-32(28,29)22-12-14-23(15-13-22)33(30,31)27-17-7-16-26(19-27)18-21-9-3-2-4-10-21/h2-4,9-10,12-15,20,24-25H,5-8,11,16-19H2,1H3/t20-,24-/m0/s1. The van der Waals surface area contributed by atoms with Crippen LogP contribution < -0.4 is 4.72 Å². The van der Waals surface area contributed by atoms with Crippen molar-refractivity contribution in [2.75, 3.05) is 19.8 Å². The first-order chi connectivity index (χ1) is 15.8. The van der Waals surface area contributed by atoms with Gasteiger partial charge in [-0.15, -0.1) is 0 Å². The van der Waals surface area contributed by atoms with Crippen LogP contribution in [0.15, 0.2) is 64.4 Å². The van der Waals surface area contributed by atoms with Gasteiger partial charge < -0.3 is 0 Å². The van der Waals surface area contributed by atoms with Gasteiger partial charge >= 0.3 is 0 Å². The molecule has 0 bridgehead atoms. The van der Waals surface area contributed by atoms with E-state index in [9.17, 15) is 16.8 Å². The summed E-state index contributed by atoms with van der Waals surface area (Å²) in [6.45, 7) is 4.37. The quantitative estimate of drug-likeness (QED) is 0.642. The molecule has 0 spiro atoms. The van der Waals surface area contributed by atoms with Crippen molar-refractivity contribution in [3.63, 3.8) is 0 Å². The minimum atomic E-state index is -3.71. The van der Waals surface area contributed by atoms with Gasteiger partial charge in [0.15, 0.2) is 0 Å². The molecule has 2 aliphatic rings. The molecule has 4 rings (SSSR count). The van der Waals surface area contributed by atoms with Crippen LogP contribution in [0.25, 0.3) is 0 Å². The summed E-state index contributed by atoms with van der Waals surface area (Å²) in [6.07, 6.45) is 4.75. The molecule has 1 N–H and O–H groups in total. The van der Waals surface area contributed by atoms with E-state index in [0.29, 0.717) is 25.7 Å². The largest absolute Gasteiger partial charge is 0.285 e. The van der Waals surface area contributed by atoms with Crippen LogP contribution in [0.4, 0.5) is 0 Å². The molecule has 1 aliphatic carbocycles. The number of sulfonamides is 2. The number of hydrogen-bond donors (Lipinski definition) is 1. The molecular formula is C24H33N3O4S2. The second-order valence-electron chi connectivity index (χ2n) is 9.17. The molecule has 7 nitrogen and oxygen atoms in total. The lowest BCUT2D eigenvalue weighted by atomic mass is 9.87. The van der Waals surface area contributed by atoms with Gasteiger partial charge in [0.1, 0.15) is 0 Å². The highest BCUT2D eigenvalue weighted by atomic mass is 32.2. The third-order valence-corrected chi connectivity index (χ3v) is 10.0. The summed E-state index contributed by atoms with van der Waals surface area (Å²) in [5.74, 6) is 0.297. The molecule has 0 aromatic heterocycles. The van der Waals surface area contributed by atoms with E-state index in [1.807, 2.05) is 30.3 Å². The number of nitrogens with zero attached hydrogens (tertiary/aromatic N) is 2. The first-order valence-electron chi connectivity index (χ1n) is 11.6. The van der Waals surface area contributed by atoms with E-state index in [1.165, 1.54) is 28.6 Å². The summed E-state index contributed by atoms with van der Waals surface area (Å²) in [7, 11) is -7.40. The minimum Gasteiger partial charge on any atom is -0.285 e. The average Bonchev–Trinajstić information content (AvgIpc) is 2.81. The second-order valence-corrected chi connectivity index (χ2v) is 12.8. The SMILES string of the molecule is C[C@H]1CCCC[C@@H]1NS(=O)(=O)c1ccc(S(=O)(=O)N2CCCN(Cc3ccccc3)C2)cc1. The fraction of sp³-hybridized carbons (Fsp3) is 0.500. The summed E-state index contributed by atoms with van der Waals surface area (Å²) < 4.78 is 56.5. The molecular weight excluding hydrogens is 458 g/mol. The van der Waals surface area contributed by atoms with Crippen LogP contribution in [0, 0.1) is 5.92 Å². The Morgan fingerprint density at radius 2 is 1.52 bits per heavy atom. The lowest BCUT2D eigenvalue weighted by molar-refractivity contribution is 0.140. The van der Waals surface area contributed by atoms with Crippen LogP contribution >= 0.6 is 0 Å². The first kappa shape index (κ1) is 24.3. The Hall–Kier alpha value is -1.78. The maximum atomic E-state index is 13.2. The Kier molecular flexibility index (Phi) is 7.55. The molecule has 1 heterocycles. The van der Waals surface area contributed by atoms with Gasteiger partial charge in [0.2, 0.25) is 20.0 Å². The highest BCUT2D eigenvalue weighted by Gasteiger charge is 2.30.